The van der Waals surface area contributed by atoms with E-state index in [-0.39, 0.29) is 22.9 Å². The molecule has 2 atom stereocenters. The minimum atomic E-state index is 0.142. The number of halogens is 2. The molecular formula is C26H27Cl2N3O2. The molecule has 33 heavy (non-hydrogen) atoms. The van der Waals surface area contributed by atoms with E-state index in [0.717, 1.165) is 22.9 Å². The van der Waals surface area contributed by atoms with Gasteiger partial charge in [0.1, 0.15) is 13.2 Å². The minimum absolute atomic E-state index is 0.142. The summed E-state index contributed by atoms with van der Waals surface area (Å²) < 4.78 is 11.7. The second-order valence-corrected chi connectivity index (χ2v) is 10.8. The first-order valence-corrected chi connectivity index (χ1v) is 12.5. The molecule has 2 unspecified atom stereocenters. The molecule has 1 N–H and O–H groups in total. The lowest BCUT2D eigenvalue weighted by Crippen LogP contribution is -2.30. The van der Waals surface area contributed by atoms with Crippen molar-refractivity contribution < 1.29 is 9.47 Å². The number of nitrogens with zero attached hydrogens (tertiary/aromatic N) is 2. The van der Waals surface area contributed by atoms with Crippen LogP contribution in [-0.4, -0.2) is 37.3 Å². The number of hydrogen-bond donors (Lipinski definition) is 1. The van der Waals surface area contributed by atoms with Crippen LogP contribution in [0.15, 0.2) is 58.5 Å². The number of amidine groups is 2. The number of nitrogens with one attached hydrogen (secondary N) is 1. The highest BCUT2D eigenvalue weighted by atomic mass is 35.5. The van der Waals surface area contributed by atoms with Crippen molar-refractivity contribution in [2.75, 3.05) is 13.2 Å². The Kier molecular flexibility index (Phi) is 5.30. The SMILES string of the molecule is Clc1ccc(C2(CC3COC(NC4=NC(CC5(c6ccc(Cl)cc6)CC5)CO4)=N3)CC2)cc1. The molecule has 172 valence electrons. The number of hydrogen-bond acceptors (Lipinski definition) is 5. The van der Waals surface area contributed by atoms with Crippen LogP contribution in [0.3, 0.4) is 0 Å². The smallest absolute Gasteiger partial charge is 0.293 e. The van der Waals surface area contributed by atoms with Crippen LogP contribution < -0.4 is 5.32 Å². The molecule has 0 aromatic heterocycles. The van der Waals surface area contributed by atoms with E-state index in [0.29, 0.717) is 25.3 Å². The number of benzene rings is 2. The lowest BCUT2D eigenvalue weighted by Gasteiger charge is -2.17. The Bertz CT molecular complexity index is 1000. The standard InChI is InChI=1S/C26H27Cl2N3O2/c27-19-5-1-17(2-6-19)25(9-10-25)13-21-15-32-23(29-21)31-24-30-22(16-33-24)14-26(11-12-26)18-3-7-20(28)8-4-18/h1-8,21-22H,9-16H2,(H,29,30,31). The molecule has 2 saturated carbocycles. The largest absolute Gasteiger partial charge is 0.463 e. The molecule has 2 aromatic rings. The third kappa shape index (κ3) is 4.45. The van der Waals surface area contributed by atoms with Crippen LogP contribution in [0.5, 0.6) is 0 Å². The Labute approximate surface area is 204 Å². The van der Waals surface area contributed by atoms with Crippen LogP contribution in [-0.2, 0) is 20.3 Å². The third-order valence-electron chi connectivity index (χ3n) is 7.51. The minimum Gasteiger partial charge on any atom is -0.463 e. The quantitative estimate of drug-likeness (QED) is 0.578. The first-order valence-electron chi connectivity index (χ1n) is 11.7. The summed E-state index contributed by atoms with van der Waals surface area (Å²) in [5.74, 6) is 0. The van der Waals surface area contributed by atoms with E-state index in [2.05, 4.69) is 29.6 Å². The van der Waals surface area contributed by atoms with Crippen molar-refractivity contribution in [2.24, 2.45) is 9.98 Å². The molecule has 0 amide bonds. The lowest BCUT2D eigenvalue weighted by atomic mass is 9.89. The van der Waals surface area contributed by atoms with Crippen molar-refractivity contribution in [1.29, 1.82) is 0 Å². The zero-order chi connectivity index (χ0) is 22.5. The van der Waals surface area contributed by atoms with Gasteiger partial charge in [0.05, 0.1) is 12.1 Å². The van der Waals surface area contributed by atoms with Gasteiger partial charge in [-0.05, 0) is 84.7 Å². The number of aliphatic imine (C=N–C) groups is 2. The highest BCUT2D eigenvalue weighted by molar-refractivity contribution is 6.30. The molecular weight excluding hydrogens is 457 g/mol. The first-order chi connectivity index (χ1) is 16.0. The molecule has 0 radical (unpaired) electrons. The molecule has 2 fully saturated rings. The fourth-order valence-electron chi connectivity index (χ4n) is 5.30. The number of ether oxygens (including phenoxy) is 2. The average Bonchev–Trinajstić information content (AvgIpc) is 3.67. The van der Waals surface area contributed by atoms with Crippen LogP contribution in [0, 0.1) is 0 Å². The Morgan fingerprint density at radius 2 is 1.09 bits per heavy atom. The van der Waals surface area contributed by atoms with Crippen molar-refractivity contribution in [2.45, 2.75) is 61.4 Å². The fraction of sp³-hybridized carbons (Fsp3) is 0.462. The topological polar surface area (TPSA) is 55.2 Å². The molecule has 0 spiro atoms. The van der Waals surface area contributed by atoms with Crippen LogP contribution in [0.25, 0.3) is 0 Å². The van der Waals surface area contributed by atoms with Crippen LogP contribution in [0.2, 0.25) is 10.0 Å². The summed E-state index contributed by atoms with van der Waals surface area (Å²) in [6, 6.07) is 17.8. The molecule has 5 nitrogen and oxygen atoms in total. The van der Waals surface area contributed by atoms with Crippen molar-refractivity contribution in [1.82, 2.24) is 5.32 Å². The maximum absolute atomic E-state index is 6.06. The van der Waals surface area contributed by atoms with Gasteiger partial charge in [0.25, 0.3) is 12.0 Å². The van der Waals surface area contributed by atoms with Gasteiger partial charge in [0.15, 0.2) is 0 Å². The summed E-state index contributed by atoms with van der Waals surface area (Å²) in [5, 5.41) is 4.72. The van der Waals surface area contributed by atoms with E-state index in [9.17, 15) is 0 Å². The van der Waals surface area contributed by atoms with Gasteiger partial charge < -0.3 is 9.47 Å². The maximum Gasteiger partial charge on any atom is 0.293 e. The van der Waals surface area contributed by atoms with E-state index < -0.39 is 0 Å². The lowest BCUT2D eigenvalue weighted by molar-refractivity contribution is 0.280. The van der Waals surface area contributed by atoms with Gasteiger partial charge in [0.2, 0.25) is 0 Å². The summed E-state index contributed by atoms with van der Waals surface area (Å²) >= 11 is 12.1. The Balaban J connectivity index is 1.06. The van der Waals surface area contributed by atoms with Crippen molar-refractivity contribution in [3.05, 3.63) is 69.7 Å². The summed E-state index contributed by atoms with van der Waals surface area (Å²) in [6.45, 7) is 1.18. The predicted molar refractivity (Wildman–Crippen MR) is 131 cm³/mol. The maximum atomic E-state index is 6.06. The van der Waals surface area contributed by atoms with E-state index in [4.69, 9.17) is 42.7 Å². The zero-order valence-corrected chi connectivity index (χ0v) is 19.9. The molecule has 2 aromatic carbocycles. The van der Waals surface area contributed by atoms with Crippen LogP contribution >= 0.6 is 23.2 Å². The summed E-state index contributed by atoms with van der Waals surface area (Å²) in [7, 11) is 0. The van der Waals surface area contributed by atoms with Crippen molar-refractivity contribution in [3.8, 4) is 0 Å². The molecule has 2 aliphatic carbocycles. The van der Waals surface area contributed by atoms with E-state index in [1.54, 1.807) is 0 Å². The van der Waals surface area contributed by atoms with Gasteiger partial charge >= 0.3 is 0 Å². The van der Waals surface area contributed by atoms with Crippen LogP contribution in [0.4, 0.5) is 0 Å². The zero-order valence-electron chi connectivity index (χ0n) is 18.4. The molecule has 4 aliphatic rings. The summed E-state index contributed by atoms with van der Waals surface area (Å²) in [5.41, 5.74) is 3.13. The molecule has 2 heterocycles. The predicted octanol–water partition coefficient (Wildman–Crippen LogP) is 5.64. The second kappa shape index (κ2) is 8.21. The monoisotopic (exact) mass is 483 g/mol. The van der Waals surface area contributed by atoms with Gasteiger partial charge in [-0.1, -0.05) is 47.5 Å². The highest BCUT2D eigenvalue weighted by Crippen LogP contribution is 2.53. The van der Waals surface area contributed by atoms with Crippen LogP contribution in [0.1, 0.15) is 49.7 Å². The van der Waals surface area contributed by atoms with Gasteiger partial charge in [0, 0.05) is 10.0 Å². The van der Waals surface area contributed by atoms with Crippen molar-refractivity contribution in [3.63, 3.8) is 0 Å². The Hall–Kier alpha value is -2.24. The summed E-state index contributed by atoms with van der Waals surface area (Å²) in [6.07, 6.45) is 6.73. The number of rotatable bonds is 6. The molecule has 2 aliphatic heterocycles. The second-order valence-electron chi connectivity index (χ2n) is 9.91. The first kappa shape index (κ1) is 21.3. The highest BCUT2D eigenvalue weighted by Gasteiger charge is 2.47. The van der Waals surface area contributed by atoms with Gasteiger partial charge in [-0.3, -0.25) is 5.32 Å². The Morgan fingerprint density at radius 1 is 0.697 bits per heavy atom. The third-order valence-corrected chi connectivity index (χ3v) is 8.02. The average molecular weight is 484 g/mol. The van der Waals surface area contributed by atoms with Gasteiger partial charge in [-0.2, -0.15) is 0 Å². The molecule has 0 bridgehead atoms. The molecule has 7 heteroatoms. The Morgan fingerprint density at radius 3 is 1.45 bits per heavy atom. The van der Waals surface area contributed by atoms with Crippen molar-refractivity contribution >= 4 is 35.2 Å². The van der Waals surface area contributed by atoms with E-state index >= 15 is 0 Å². The normalized spacial score (nSPS) is 26.1. The van der Waals surface area contributed by atoms with E-state index in [1.165, 1.54) is 36.8 Å². The molecule has 6 rings (SSSR count). The summed E-state index contributed by atoms with van der Waals surface area (Å²) in [4.78, 5) is 9.54. The van der Waals surface area contributed by atoms with E-state index in [1.807, 2.05) is 24.3 Å². The van der Waals surface area contributed by atoms with Gasteiger partial charge in [-0.25, -0.2) is 9.98 Å². The fourth-order valence-corrected chi connectivity index (χ4v) is 5.55. The molecule has 0 saturated heterocycles. The van der Waals surface area contributed by atoms with Gasteiger partial charge in [-0.15, -0.1) is 0 Å².